The number of alkyl halides is 3. The third-order valence-electron chi connectivity index (χ3n) is 8.52. The van der Waals surface area contributed by atoms with E-state index in [1.54, 1.807) is 19.3 Å². The lowest BCUT2D eigenvalue weighted by Gasteiger charge is -2.29. The third-order valence-corrected chi connectivity index (χ3v) is 8.52. The summed E-state index contributed by atoms with van der Waals surface area (Å²) in [4.78, 5) is 32.3. The van der Waals surface area contributed by atoms with Gasteiger partial charge in [0.25, 0.3) is 0 Å². The smallest absolute Gasteiger partial charge is 0.371 e. The van der Waals surface area contributed by atoms with Crippen molar-refractivity contribution in [2.45, 2.75) is 51.4 Å². The number of benzene rings is 1. The Morgan fingerprint density at radius 1 is 1.08 bits per heavy atom. The van der Waals surface area contributed by atoms with E-state index in [1.165, 1.54) is 34.8 Å². The molecule has 0 N–H and O–H groups in total. The van der Waals surface area contributed by atoms with E-state index in [2.05, 4.69) is 14.9 Å². The summed E-state index contributed by atoms with van der Waals surface area (Å²) in [5.41, 5.74) is 1.60. The summed E-state index contributed by atoms with van der Waals surface area (Å²) in [6.45, 7) is 4.93. The zero-order valence-corrected chi connectivity index (χ0v) is 22.1. The predicted molar refractivity (Wildman–Crippen MR) is 138 cm³/mol. The Morgan fingerprint density at radius 3 is 2.34 bits per heavy atom. The van der Waals surface area contributed by atoms with Gasteiger partial charge in [0.15, 0.2) is 0 Å². The molecule has 0 spiro atoms. The van der Waals surface area contributed by atoms with Crippen molar-refractivity contribution < 1.29 is 22.8 Å². The number of hydrogen-bond acceptors (Lipinski definition) is 5. The van der Waals surface area contributed by atoms with Gasteiger partial charge in [-0.1, -0.05) is 0 Å². The van der Waals surface area contributed by atoms with Crippen LogP contribution in [0.3, 0.4) is 0 Å². The Kier molecular flexibility index (Phi) is 7.15. The third kappa shape index (κ3) is 5.25. The SMILES string of the molecule is CC(=O)N(C)c1cnn(C(=O)N2C[C@H]3C[C@@H](N(C)Cc4cc(C(F)(F)F)ccc4N4CCCC4)C[C@H]3C2)c1. The topological polar surface area (TPSA) is 64.9 Å². The fraction of sp³-hybridized carbons (Fsp3) is 0.593. The van der Waals surface area contributed by atoms with Gasteiger partial charge in [0.05, 0.1) is 23.6 Å². The second-order valence-corrected chi connectivity index (χ2v) is 11.0. The molecule has 3 fully saturated rings. The molecule has 2 aromatic rings. The number of likely N-dealkylation sites (tertiary alicyclic amines) is 1. The summed E-state index contributed by atoms with van der Waals surface area (Å²) in [6.07, 6.45) is 2.64. The fourth-order valence-electron chi connectivity index (χ4n) is 6.25. The van der Waals surface area contributed by atoms with Gasteiger partial charge in [-0.3, -0.25) is 9.69 Å². The number of anilines is 2. The largest absolute Gasteiger partial charge is 0.416 e. The van der Waals surface area contributed by atoms with Crippen LogP contribution in [0.2, 0.25) is 0 Å². The van der Waals surface area contributed by atoms with Crippen molar-refractivity contribution in [1.82, 2.24) is 19.6 Å². The van der Waals surface area contributed by atoms with E-state index in [9.17, 15) is 22.8 Å². The molecule has 1 aliphatic carbocycles. The minimum Gasteiger partial charge on any atom is -0.371 e. The van der Waals surface area contributed by atoms with Gasteiger partial charge in [-0.25, -0.2) is 4.79 Å². The van der Waals surface area contributed by atoms with Crippen molar-refractivity contribution in [3.8, 4) is 0 Å². The molecular weight excluding hydrogens is 497 g/mol. The molecule has 1 aromatic heterocycles. The molecular formula is C27H35F3N6O2. The highest BCUT2D eigenvalue weighted by Gasteiger charge is 2.44. The summed E-state index contributed by atoms with van der Waals surface area (Å²) in [6, 6.07) is 4.21. The van der Waals surface area contributed by atoms with E-state index >= 15 is 0 Å². The van der Waals surface area contributed by atoms with Crippen LogP contribution in [-0.2, 0) is 17.5 Å². The van der Waals surface area contributed by atoms with E-state index in [1.807, 2.05) is 11.9 Å². The molecule has 1 saturated carbocycles. The maximum absolute atomic E-state index is 13.5. The van der Waals surface area contributed by atoms with Crippen molar-refractivity contribution in [1.29, 1.82) is 0 Å². The molecule has 8 nitrogen and oxygen atoms in total. The quantitative estimate of drug-likeness (QED) is 0.575. The summed E-state index contributed by atoms with van der Waals surface area (Å²) in [5, 5.41) is 4.15. The molecule has 3 aliphatic rings. The van der Waals surface area contributed by atoms with Crippen LogP contribution in [0.25, 0.3) is 0 Å². The highest BCUT2D eigenvalue weighted by molar-refractivity contribution is 5.91. The first kappa shape index (κ1) is 26.5. The zero-order valence-electron chi connectivity index (χ0n) is 22.1. The molecule has 38 heavy (non-hydrogen) atoms. The Balaban J connectivity index is 1.22. The molecule has 2 saturated heterocycles. The molecule has 206 valence electrons. The maximum Gasteiger partial charge on any atom is 0.416 e. The van der Waals surface area contributed by atoms with Gasteiger partial charge >= 0.3 is 12.2 Å². The molecule has 2 amide bonds. The van der Waals surface area contributed by atoms with Crippen molar-refractivity contribution >= 4 is 23.3 Å². The number of carbonyl (C=O) groups is 2. The number of fused-ring (bicyclic) bond motifs is 1. The average molecular weight is 533 g/mol. The zero-order chi connectivity index (χ0) is 27.2. The van der Waals surface area contributed by atoms with Crippen LogP contribution < -0.4 is 9.80 Å². The molecule has 0 radical (unpaired) electrons. The van der Waals surface area contributed by atoms with E-state index in [0.717, 1.165) is 50.0 Å². The molecule has 11 heteroatoms. The van der Waals surface area contributed by atoms with Gasteiger partial charge in [0.2, 0.25) is 5.91 Å². The normalized spacial score (nSPS) is 23.4. The standard InChI is InChI=1S/C27H35F3N6O2/c1-18(37)33(3)24-13-31-36(17-24)26(38)35-15-19-11-23(12-20(19)16-35)32(2)14-21-10-22(27(28,29)30)6-7-25(21)34-8-4-5-9-34/h6-7,10,13,17,19-20,23H,4-5,8-9,11-12,14-16H2,1-3H3/t19-,20+,23-. The lowest BCUT2D eigenvalue weighted by atomic mass is 10.0. The first-order valence-corrected chi connectivity index (χ1v) is 13.2. The Bertz CT molecular complexity index is 1180. The summed E-state index contributed by atoms with van der Waals surface area (Å²) in [5.74, 6) is 0.558. The minimum absolute atomic E-state index is 0.138. The van der Waals surface area contributed by atoms with Crippen molar-refractivity contribution in [2.75, 3.05) is 50.1 Å². The number of rotatable bonds is 5. The van der Waals surface area contributed by atoms with Gasteiger partial charge in [-0.15, -0.1) is 0 Å². The highest BCUT2D eigenvalue weighted by Crippen LogP contribution is 2.41. The summed E-state index contributed by atoms with van der Waals surface area (Å²) < 4.78 is 41.8. The van der Waals surface area contributed by atoms with Crippen LogP contribution in [0.5, 0.6) is 0 Å². The van der Waals surface area contributed by atoms with Crippen LogP contribution in [0.1, 0.15) is 43.7 Å². The molecule has 1 aromatic carbocycles. The van der Waals surface area contributed by atoms with Crippen molar-refractivity contribution in [3.63, 3.8) is 0 Å². The number of amides is 2. The molecule has 3 heterocycles. The van der Waals surface area contributed by atoms with E-state index < -0.39 is 11.7 Å². The second-order valence-electron chi connectivity index (χ2n) is 11.0. The number of hydrogen-bond donors (Lipinski definition) is 0. The lowest BCUT2D eigenvalue weighted by molar-refractivity contribution is -0.137. The lowest BCUT2D eigenvalue weighted by Crippen LogP contribution is -2.36. The number of nitrogens with zero attached hydrogens (tertiary/aromatic N) is 6. The number of halogens is 3. The first-order chi connectivity index (χ1) is 18.0. The van der Waals surface area contributed by atoms with E-state index in [-0.39, 0.29) is 18.0 Å². The molecule has 0 unspecified atom stereocenters. The Hall–Kier alpha value is -3.08. The number of aromatic nitrogens is 2. The van der Waals surface area contributed by atoms with Gasteiger partial charge in [0.1, 0.15) is 0 Å². The first-order valence-electron chi connectivity index (χ1n) is 13.2. The van der Waals surface area contributed by atoms with E-state index in [0.29, 0.717) is 37.2 Å². The predicted octanol–water partition coefficient (Wildman–Crippen LogP) is 4.30. The fourth-order valence-corrected chi connectivity index (χ4v) is 6.25. The van der Waals surface area contributed by atoms with Crippen LogP contribution >= 0.6 is 0 Å². The van der Waals surface area contributed by atoms with Crippen molar-refractivity contribution in [3.05, 3.63) is 41.7 Å². The molecule has 3 atom stereocenters. The van der Waals surface area contributed by atoms with Crippen LogP contribution in [-0.4, -0.2) is 77.8 Å². The Morgan fingerprint density at radius 2 is 1.74 bits per heavy atom. The maximum atomic E-state index is 13.5. The van der Waals surface area contributed by atoms with Crippen LogP contribution in [0.15, 0.2) is 30.6 Å². The summed E-state index contributed by atoms with van der Waals surface area (Å²) >= 11 is 0. The van der Waals surface area contributed by atoms with Gasteiger partial charge in [-0.05, 0) is 68.3 Å². The second kappa shape index (κ2) is 10.2. The van der Waals surface area contributed by atoms with E-state index in [4.69, 9.17) is 0 Å². The van der Waals surface area contributed by atoms with Gasteiger partial charge < -0.3 is 14.7 Å². The highest BCUT2D eigenvalue weighted by atomic mass is 19.4. The number of carbonyl (C=O) groups excluding carboxylic acids is 2. The van der Waals surface area contributed by atoms with Crippen LogP contribution in [0, 0.1) is 11.8 Å². The summed E-state index contributed by atoms with van der Waals surface area (Å²) in [7, 11) is 3.64. The molecule has 0 bridgehead atoms. The molecule has 2 aliphatic heterocycles. The van der Waals surface area contributed by atoms with Crippen molar-refractivity contribution in [2.24, 2.45) is 11.8 Å². The average Bonchev–Trinajstić information content (AvgIpc) is 3.66. The minimum atomic E-state index is -4.37. The molecule has 5 rings (SSSR count). The Labute approximate surface area is 221 Å². The van der Waals surface area contributed by atoms with Crippen LogP contribution in [0.4, 0.5) is 29.3 Å². The van der Waals surface area contributed by atoms with Gasteiger partial charge in [0, 0.05) is 58.4 Å². The van der Waals surface area contributed by atoms with Gasteiger partial charge in [-0.2, -0.15) is 23.0 Å². The monoisotopic (exact) mass is 532 g/mol.